The second-order valence-corrected chi connectivity index (χ2v) is 7.80. The SMILES string of the molecule is O=C(CCC(=O)N1CCN(c2nccs2)CC1)c1ccc(Cl)s1. The molecule has 1 aliphatic rings. The number of Topliss-reactive ketones (excluding diaryl/α,β-unsaturated/α-hetero) is 1. The fraction of sp³-hybridized carbons (Fsp3) is 0.400. The van der Waals surface area contributed by atoms with Gasteiger partial charge < -0.3 is 9.80 Å². The van der Waals surface area contributed by atoms with Gasteiger partial charge in [-0.3, -0.25) is 9.59 Å². The van der Waals surface area contributed by atoms with Crippen molar-refractivity contribution < 1.29 is 9.59 Å². The summed E-state index contributed by atoms with van der Waals surface area (Å²) < 4.78 is 0.595. The molecule has 0 N–H and O–H groups in total. The van der Waals surface area contributed by atoms with Crippen molar-refractivity contribution in [3.8, 4) is 0 Å². The number of carbonyl (C=O) groups is 2. The molecule has 0 spiro atoms. The number of halogens is 1. The normalized spacial score (nSPS) is 15.0. The molecule has 0 aliphatic carbocycles. The first-order valence-corrected chi connectivity index (χ1v) is 9.41. The molecule has 0 radical (unpaired) electrons. The molecule has 122 valence electrons. The van der Waals surface area contributed by atoms with Crippen molar-refractivity contribution in [2.75, 3.05) is 31.1 Å². The van der Waals surface area contributed by atoms with Crippen LogP contribution < -0.4 is 4.90 Å². The van der Waals surface area contributed by atoms with Gasteiger partial charge in [0.25, 0.3) is 0 Å². The van der Waals surface area contributed by atoms with E-state index in [0.717, 1.165) is 18.2 Å². The molecule has 1 fully saturated rings. The molecule has 0 bridgehead atoms. The average molecular weight is 370 g/mol. The van der Waals surface area contributed by atoms with Crippen LogP contribution in [-0.4, -0.2) is 47.8 Å². The van der Waals surface area contributed by atoms with Gasteiger partial charge in [-0.2, -0.15) is 0 Å². The van der Waals surface area contributed by atoms with Gasteiger partial charge in [0.2, 0.25) is 5.91 Å². The lowest BCUT2D eigenvalue weighted by molar-refractivity contribution is -0.131. The fourth-order valence-corrected chi connectivity index (χ4v) is 4.19. The van der Waals surface area contributed by atoms with Crippen molar-refractivity contribution in [3.63, 3.8) is 0 Å². The molecule has 0 unspecified atom stereocenters. The van der Waals surface area contributed by atoms with E-state index in [-0.39, 0.29) is 24.5 Å². The Balaban J connectivity index is 1.45. The highest BCUT2D eigenvalue weighted by Crippen LogP contribution is 2.23. The summed E-state index contributed by atoms with van der Waals surface area (Å²) in [5, 5.41) is 2.96. The smallest absolute Gasteiger partial charge is 0.223 e. The van der Waals surface area contributed by atoms with Crippen LogP contribution in [0.1, 0.15) is 22.5 Å². The van der Waals surface area contributed by atoms with Crippen LogP contribution in [0.4, 0.5) is 5.13 Å². The van der Waals surface area contributed by atoms with Crippen LogP contribution in [0.15, 0.2) is 23.7 Å². The lowest BCUT2D eigenvalue weighted by Gasteiger charge is -2.34. The van der Waals surface area contributed by atoms with E-state index < -0.39 is 0 Å². The van der Waals surface area contributed by atoms with Crippen molar-refractivity contribution in [1.29, 1.82) is 0 Å². The topological polar surface area (TPSA) is 53.5 Å². The third kappa shape index (κ3) is 4.10. The minimum Gasteiger partial charge on any atom is -0.345 e. The zero-order chi connectivity index (χ0) is 16.2. The van der Waals surface area contributed by atoms with Crippen LogP contribution in [0.3, 0.4) is 0 Å². The Morgan fingerprint density at radius 2 is 1.96 bits per heavy atom. The minimum atomic E-state index is -0.0170. The molecule has 5 nitrogen and oxygen atoms in total. The lowest BCUT2D eigenvalue weighted by Crippen LogP contribution is -2.48. The highest BCUT2D eigenvalue weighted by molar-refractivity contribution is 7.18. The monoisotopic (exact) mass is 369 g/mol. The predicted octanol–water partition coefficient (Wildman–Crippen LogP) is 3.17. The lowest BCUT2D eigenvalue weighted by atomic mass is 10.1. The maximum atomic E-state index is 12.3. The van der Waals surface area contributed by atoms with Crippen molar-refractivity contribution >= 4 is 51.1 Å². The van der Waals surface area contributed by atoms with Gasteiger partial charge in [0.05, 0.1) is 9.21 Å². The van der Waals surface area contributed by atoms with E-state index in [1.807, 2.05) is 10.3 Å². The van der Waals surface area contributed by atoms with Gasteiger partial charge in [-0.1, -0.05) is 11.6 Å². The largest absolute Gasteiger partial charge is 0.345 e. The summed E-state index contributed by atoms with van der Waals surface area (Å²) in [6, 6.07) is 3.42. The Kier molecular flexibility index (Phi) is 5.30. The van der Waals surface area contributed by atoms with Crippen LogP contribution in [0.25, 0.3) is 0 Å². The predicted molar refractivity (Wildman–Crippen MR) is 93.8 cm³/mol. The van der Waals surface area contributed by atoms with E-state index in [9.17, 15) is 9.59 Å². The van der Waals surface area contributed by atoms with Gasteiger partial charge in [-0.15, -0.1) is 22.7 Å². The molecular weight excluding hydrogens is 354 g/mol. The molecule has 1 aliphatic heterocycles. The molecule has 2 aromatic heterocycles. The Morgan fingerprint density at radius 1 is 1.17 bits per heavy atom. The van der Waals surface area contributed by atoms with E-state index in [4.69, 9.17) is 11.6 Å². The zero-order valence-corrected chi connectivity index (χ0v) is 14.8. The Bertz CT molecular complexity index is 679. The van der Waals surface area contributed by atoms with Gasteiger partial charge in [-0.05, 0) is 12.1 Å². The Labute approximate surface area is 147 Å². The van der Waals surface area contributed by atoms with Gasteiger partial charge in [-0.25, -0.2) is 4.98 Å². The van der Waals surface area contributed by atoms with Gasteiger partial charge in [0, 0.05) is 50.6 Å². The summed E-state index contributed by atoms with van der Waals surface area (Å²) in [6.45, 7) is 2.93. The standard InChI is InChI=1S/C15H16ClN3O2S2/c16-13-3-2-12(23-13)11(20)1-4-14(21)18-6-8-19(9-7-18)15-17-5-10-22-15/h2-3,5,10H,1,4,6-9H2. The number of hydrogen-bond donors (Lipinski definition) is 0. The van der Waals surface area contributed by atoms with E-state index >= 15 is 0 Å². The summed E-state index contributed by atoms with van der Waals surface area (Å²) in [4.78, 5) is 33.2. The number of thiazole rings is 1. The van der Waals surface area contributed by atoms with E-state index in [1.54, 1.807) is 29.7 Å². The van der Waals surface area contributed by atoms with E-state index in [1.165, 1.54) is 11.3 Å². The van der Waals surface area contributed by atoms with Crippen molar-refractivity contribution in [2.45, 2.75) is 12.8 Å². The highest BCUT2D eigenvalue weighted by atomic mass is 35.5. The number of rotatable bonds is 5. The van der Waals surface area contributed by atoms with Crippen molar-refractivity contribution in [1.82, 2.24) is 9.88 Å². The van der Waals surface area contributed by atoms with Crippen LogP contribution in [0, 0.1) is 0 Å². The van der Waals surface area contributed by atoms with Gasteiger partial charge >= 0.3 is 0 Å². The molecule has 1 saturated heterocycles. The summed E-state index contributed by atoms with van der Waals surface area (Å²) in [6.07, 6.45) is 2.29. The van der Waals surface area contributed by atoms with Gasteiger partial charge in [0.1, 0.15) is 0 Å². The maximum Gasteiger partial charge on any atom is 0.223 e. The quantitative estimate of drug-likeness (QED) is 0.759. The second-order valence-electron chi connectivity index (χ2n) is 5.21. The molecule has 3 rings (SSSR count). The number of aromatic nitrogens is 1. The maximum absolute atomic E-state index is 12.3. The molecule has 1 amide bonds. The first-order valence-electron chi connectivity index (χ1n) is 7.34. The molecule has 3 heterocycles. The minimum absolute atomic E-state index is 0.0170. The van der Waals surface area contributed by atoms with Crippen LogP contribution in [0.5, 0.6) is 0 Å². The average Bonchev–Trinajstić information content (AvgIpc) is 3.24. The summed E-state index contributed by atoms with van der Waals surface area (Å²) >= 11 is 8.70. The number of carbonyl (C=O) groups excluding carboxylic acids is 2. The first-order chi connectivity index (χ1) is 11.1. The number of amides is 1. The van der Waals surface area contributed by atoms with Crippen LogP contribution in [-0.2, 0) is 4.79 Å². The van der Waals surface area contributed by atoms with Crippen LogP contribution >= 0.6 is 34.3 Å². The molecule has 8 heteroatoms. The fourth-order valence-electron chi connectivity index (χ4n) is 2.49. The zero-order valence-electron chi connectivity index (χ0n) is 12.4. The van der Waals surface area contributed by atoms with E-state index in [0.29, 0.717) is 22.3 Å². The number of anilines is 1. The van der Waals surface area contributed by atoms with Crippen LogP contribution in [0.2, 0.25) is 4.34 Å². The molecule has 2 aromatic rings. The first kappa shape index (κ1) is 16.4. The Morgan fingerprint density at radius 3 is 2.57 bits per heavy atom. The Hall–Kier alpha value is -1.44. The third-order valence-corrected chi connectivity index (χ3v) is 5.84. The third-order valence-electron chi connectivity index (χ3n) is 3.74. The summed E-state index contributed by atoms with van der Waals surface area (Å²) in [5.74, 6) is 0.0245. The molecule has 0 aromatic carbocycles. The van der Waals surface area contributed by atoms with Crippen molar-refractivity contribution in [3.05, 3.63) is 32.9 Å². The number of ketones is 1. The molecule has 0 saturated carbocycles. The molecular formula is C15H16ClN3O2S2. The summed E-state index contributed by atoms with van der Waals surface area (Å²) in [7, 11) is 0. The number of hydrogen-bond acceptors (Lipinski definition) is 6. The second kappa shape index (κ2) is 7.42. The number of thiophene rings is 1. The van der Waals surface area contributed by atoms with Crippen molar-refractivity contribution in [2.24, 2.45) is 0 Å². The molecule has 23 heavy (non-hydrogen) atoms. The number of piperazine rings is 1. The molecule has 0 atom stereocenters. The van der Waals surface area contributed by atoms with E-state index in [2.05, 4.69) is 9.88 Å². The van der Waals surface area contributed by atoms with Gasteiger partial charge in [0.15, 0.2) is 10.9 Å². The number of nitrogens with zero attached hydrogens (tertiary/aromatic N) is 3. The highest BCUT2D eigenvalue weighted by Gasteiger charge is 2.23. The summed E-state index contributed by atoms with van der Waals surface area (Å²) in [5.41, 5.74) is 0.